The van der Waals surface area contributed by atoms with Gasteiger partial charge in [-0.1, -0.05) is 6.07 Å². The van der Waals surface area contributed by atoms with Gasteiger partial charge in [-0.3, -0.25) is 14.7 Å². The third-order valence-electron chi connectivity index (χ3n) is 2.42. The molecule has 93 valence electrons. The first kappa shape index (κ1) is 12.3. The molecule has 0 aliphatic rings. The van der Waals surface area contributed by atoms with Crippen molar-refractivity contribution in [2.24, 2.45) is 0 Å². The van der Waals surface area contributed by atoms with Gasteiger partial charge in [0.05, 0.1) is 15.2 Å². The van der Waals surface area contributed by atoms with Crippen molar-refractivity contribution in [1.82, 2.24) is 0 Å². The van der Waals surface area contributed by atoms with Gasteiger partial charge in [0.25, 0.3) is 15.8 Å². The van der Waals surface area contributed by atoms with Gasteiger partial charge >= 0.3 is 0 Å². The van der Waals surface area contributed by atoms with E-state index in [1.165, 1.54) is 6.07 Å². The quantitative estimate of drug-likeness (QED) is 0.366. The number of benzene rings is 2. The summed E-state index contributed by atoms with van der Waals surface area (Å²) in [5.74, 6) is 0. The number of non-ortho nitro benzene ring substituents is 1. The molecule has 0 amide bonds. The second kappa shape index (κ2) is 3.93. The van der Waals surface area contributed by atoms with Crippen LogP contribution in [-0.4, -0.2) is 17.9 Å². The molecule has 0 aliphatic carbocycles. The van der Waals surface area contributed by atoms with Crippen LogP contribution in [0.1, 0.15) is 0 Å². The van der Waals surface area contributed by atoms with Crippen molar-refractivity contribution in [3.05, 3.63) is 40.4 Å². The average molecular weight is 267 g/mol. The molecule has 7 nitrogen and oxygen atoms in total. The van der Waals surface area contributed by atoms with Gasteiger partial charge in [-0.05, 0) is 12.1 Å². The number of nitrogens with two attached hydrogens (primary N) is 1. The molecule has 18 heavy (non-hydrogen) atoms. The van der Waals surface area contributed by atoms with Crippen LogP contribution < -0.4 is 5.73 Å². The van der Waals surface area contributed by atoms with Gasteiger partial charge in [0.15, 0.2) is 0 Å². The molecule has 0 atom stereocenters. The number of hydrogen-bond donors (Lipinski definition) is 2. The van der Waals surface area contributed by atoms with Crippen LogP contribution in [0, 0.1) is 16.2 Å². The Morgan fingerprint density at radius 1 is 1.33 bits per heavy atom. The Balaban J connectivity index is 2.90. The molecule has 0 aromatic heterocycles. The first-order chi connectivity index (χ1) is 8.30. The predicted octanol–water partition coefficient (Wildman–Crippen LogP) is 1.38. The standard InChI is InChI=1S/C10H7N2O5S/c11-9-3-4-10(12(13)14)8-5-6(18(15,16)17)1-2-7(8)9/h1-2,4-5H,11H2,(H,15,16,17). The van der Waals surface area contributed by atoms with Crippen molar-refractivity contribution in [1.29, 1.82) is 0 Å². The third kappa shape index (κ3) is 1.98. The number of rotatable bonds is 2. The lowest BCUT2D eigenvalue weighted by molar-refractivity contribution is -0.383. The summed E-state index contributed by atoms with van der Waals surface area (Å²) in [5.41, 5.74) is 5.43. The summed E-state index contributed by atoms with van der Waals surface area (Å²) in [4.78, 5) is 9.72. The number of anilines is 1. The van der Waals surface area contributed by atoms with Crippen molar-refractivity contribution in [2.45, 2.75) is 4.90 Å². The highest BCUT2D eigenvalue weighted by Crippen LogP contribution is 2.31. The van der Waals surface area contributed by atoms with Crippen LogP contribution in [-0.2, 0) is 10.1 Å². The fourth-order valence-electron chi connectivity index (χ4n) is 1.58. The molecule has 0 unspecified atom stereocenters. The van der Waals surface area contributed by atoms with E-state index < -0.39 is 19.9 Å². The zero-order valence-corrected chi connectivity index (χ0v) is 9.64. The molecule has 0 spiro atoms. The number of nitrogens with zero attached hydrogens (tertiary/aromatic N) is 1. The van der Waals surface area contributed by atoms with Crippen molar-refractivity contribution in [2.75, 3.05) is 5.73 Å². The Morgan fingerprint density at radius 2 is 2.00 bits per heavy atom. The van der Waals surface area contributed by atoms with Crippen LogP contribution in [0.5, 0.6) is 0 Å². The van der Waals surface area contributed by atoms with Gasteiger partial charge in [0.2, 0.25) is 0 Å². The van der Waals surface area contributed by atoms with Gasteiger partial charge in [-0.15, -0.1) is 0 Å². The van der Waals surface area contributed by atoms with E-state index in [-0.39, 0.29) is 16.8 Å². The van der Waals surface area contributed by atoms with E-state index in [4.69, 9.17) is 10.3 Å². The monoisotopic (exact) mass is 267 g/mol. The Hall–Kier alpha value is -2.19. The highest BCUT2D eigenvalue weighted by atomic mass is 32.2. The van der Waals surface area contributed by atoms with Gasteiger partial charge in [0, 0.05) is 23.2 Å². The number of nitro benzene ring substituents is 1. The van der Waals surface area contributed by atoms with E-state index >= 15 is 0 Å². The Labute approximate surface area is 102 Å². The lowest BCUT2D eigenvalue weighted by Crippen LogP contribution is -1.99. The van der Waals surface area contributed by atoms with E-state index in [1.807, 2.05) is 0 Å². The fraction of sp³-hybridized carbons (Fsp3) is 0. The number of fused-ring (bicyclic) bond motifs is 1. The van der Waals surface area contributed by atoms with Crippen LogP contribution >= 0.6 is 0 Å². The summed E-state index contributed by atoms with van der Waals surface area (Å²) >= 11 is 0. The molecule has 2 aromatic carbocycles. The van der Waals surface area contributed by atoms with Crippen LogP contribution in [0.2, 0.25) is 0 Å². The molecule has 0 saturated carbocycles. The summed E-state index contributed by atoms with van der Waals surface area (Å²) in [6.45, 7) is 0. The fourth-order valence-corrected chi connectivity index (χ4v) is 2.09. The molecular formula is C10H7N2O5S. The van der Waals surface area contributed by atoms with Crippen LogP contribution in [0.4, 0.5) is 11.4 Å². The van der Waals surface area contributed by atoms with Crippen molar-refractivity contribution in [3.8, 4) is 0 Å². The highest BCUT2D eigenvalue weighted by Gasteiger charge is 2.17. The largest absolute Gasteiger partial charge is 0.398 e. The third-order valence-corrected chi connectivity index (χ3v) is 3.27. The molecule has 2 rings (SSSR count). The first-order valence-corrected chi connectivity index (χ1v) is 6.10. The highest BCUT2D eigenvalue weighted by molar-refractivity contribution is 7.85. The van der Waals surface area contributed by atoms with E-state index in [9.17, 15) is 18.5 Å². The molecule has 2 aromatic rings. The molecular weight excluding hydrogens is 260 g/mol. The zero-order chi connectivity index (χ0) is 13.5. The molecule has 8 heteroatoms. The minimum atomic E-state index is -4.42. The molecule has 3 N–H and O–H groups in total. The molecule has 0 aliphatic heterocycles. The lowest BCUT2D eigenvalue weighted by atomic mass is 10.1. The second-order valence-corrected chi connectivity index (χ2v) is 4.95. The van der Waals surface area contributed by atoms with Crippen LogP contribution in [0.15, 0.2) is 29.2 Å². The van der Waals surface area contributed by atoms with Crippen molar-refractivity contribution in [3.63, 3.8) is 0 Å². The van der Waals surface area contributed by atoms with Gasteiger partial charge in [-0.2, -0.15) is 8.42 Å². The second-order valence-electron chi connectivity index (χ2n) is 3.53. The molecule has 0 fully saturated rings. The number of nitrogen functional groups attached to an aromatic ring is 1. The molecule has 0 bridgehead atoms. The Kier molecular flexibility index (Phi) is 2.68. The molecule has 0 heterocycles. The summed E-state index contributed by atoms with van der Waals surface area (Å²) < 4.78 is 30.9. The summed E-state index contributed by atoms with van der Waals surface area (Å²) in [6, 6.07) is 6.98. The SMILES string of the molecule is Nc1[c]cc([N+](=O)[O-])c2cc(S(=O)(=O)O)ccc12. The Morgan fingerprint density at radius 3 is 2.56 bits per heavy atom. The minimum absolute atomic E-state index is 0.0337. The maximum absolute atomic E-state index is 11.0. The zero-order valence-electron chi connectivity index (χ0n) is 8.82. The lowest BCUT2D eigenvalue weighted by Gasteiger charge is -2.04. The van der Waals surface area contributed by atoms with Gasteiger partial charge < -0.3 is 5.73 Å². The van der Waals surface area contributed by atoms with Crippen LogP contribution in [0.3, 0.4) is 0 Å². The van der Waals surface area contributed by atoms with E-state index in [2.05, 4.69) is 6.07 Å². The topological polar surface area (TPSA) is 124 Å². The smallest absolute Gasteiger partial charge is 0.294 e. The van der Waals surface area contributed by atoms with Gasteiger partial charge in [0.1, 0.15) is 0 Å². The molecule has 1 radical (unpaired) electrons. The predicted molar refractivity (Wildman–Crippen MR) is 63.7 cm³/mol. The van der Waals surface area contributed by atoms with Crippen molar-refractivity contribution < 1.29 is 17.9 Å². The van der Waals surface area contributed by atoms with Crippen LogP contribution in [0.25, 0.3) is 10.8 Å². The maximum atomic E-state index is 11.0. The number of nitro groups is 1. The number of hydrogen-bond acceptors (Lipinski definition) is 5. The van der Waals surface area contributed by atoms with E-state index in [1.54, 1.807) is 0 Å². The van der Waals surface area contributed by atoms with E-state index in [0.29, 0.717) is 5.39 Å². The normalized spacial score (nSPS) is 11.6. The summed E-state index contributed by atoms with van der Waals surface area (Å²) in [7, 11) is -4.42. The summed E-state index contributed by atoms with van der Waals surface area (Å²) in [6.07, 6.45) is 0. The Bertz CT molecular complexity index is 754. The first-order valence-electron chi connectivity index (χ1n) is 4.66. The van der Waals surface area contributed by atoms with E-state index in [0.717, 1.165) is 18.2 Å². The average Bonchev–Trinajstić information content (AvgIpc) is 2.27. The molecule has 0 saturated heterocycles. The van der Waals surface area contributed by atoms with Crippen molar-refractivity contribution >= 4 is 32.3 Å². The van der Waals surface area contributed by atoms with Gasteiger partial charge in [-0.25, -0.2) is 0 Å². The summed E-state index contributed by atoms with van der Waals surface area (Å²) in [5, 5.41) is 11.2. The maximum Gasteiger partial charge on any atom is 0.294 e. The minimum Gasteiger partial charge on any atom is -0.398 e.